The van der Waals surface area contributed by atoms with Gasteiger partial charge >= 0.3 is 18.2 Å². The molecule has 216 valence electrons. The van der Waals surface area contributed by atoms with E-state index in [1.165, 1.54) is 21.9 Å². The highest BCUT2D eigenvalue weighted by Gasteiger charge is 2.30. The topological polar surface area (TPSA) is 94.7 Å². The molecule has 0 radical (unpaired) electrons. The smallest absolute Gasteiger partial charge is 0.416 e. The zero-order valence-corrected chi connectivity index (χ0v) is 22.9. The van der Waals surface area contributed by atoms with Crippen LogP contribution in [0.25, 0.3) is 10.9 Å². The van der Waals surface area contributed by atoms with Gasteiger partial charge in [0, 0.05) is 36.7 Å². The molecule has 1 aromatic heterocycles. The number of para-hydroxylation sites is 1. The average molecular weight is 561 g/mol. The standard InChI is InChI=1S/C29H35F3N4O4/c1-4-40-27(38)16-34-28(39)36(17-20(2)3)19-26(37)35(18-21-9-11-23(12-10-21)29(30,31)32)14-13-22-15-33-25-8-6-5-7-24(22)25/h5-12,15,20,33H,4,13-14,16-19H2,1-3H3,(H,34,39). The predicted octanol–water partition coefficient (Wildman–Crippen LogP) is 4.99. The van der Waals surface area contributed by atoms with E-state index in [1.54, 1.807) is 6.92 Å². The van der Waals surface area contributed by atoms with Crippen LogP contribution in [-0.2, 0) is 33.5 Å². The van der Waals surface area contributed by atoms with Crippen molar-refractivity contribution in [2.24, 2.45) is 5.92 Å². The highest BCUT2D eigenvalue weighted by atomic mass is 19.4. The lowest BCUT2D eigenvalue weighted by atomic mass is 10.1. The number of hydrogen-bond donors (Lipinski definition) is 2. The largest absolute Gasteiger partial charge is 0.465 e. The molecule has 0 fully saturated rings. The molecular formula is C29H35F3N4O4. The number of ether oxygens (including phenoxy) is 1. The molecule has 0 saturated carbocycles. The van der Waals surface area contributed by atoms with E-state index >= 15 is 0 Å². The van der Waals surface area contributed by atoms with Crippen LogP contribution in [0, 0.1) is 5.92 Å². The fourth-order valence-corrected chi connectivity index (χ4v) is 4.30. The maximum atomic E-state index is 13.6. The Bertz CT molecular complexity index is 1290. The van der Waals surface area contributed by atoms with E-state index in [0.717, 1.165) is 28.6 Å². The van der Waals surface area contributed by atoms with Crippen LogP contribution >= 0.6 is 0 Å². The Morgan fingerprint density at radius 2 is 1.73 bits per heavy atom. The second-order valence-corrected chi connectivity index (χ2v) is 9.86. The SMILES string of the molecule is CCOC(=O)CNC(=O)N(CC(=O)N(CCc1c[nH]c2ccccc12)Cc1ccc(C(F)(F)F)cc1)CC(C)C. The molecule has 3 rings (SSSR count). The minimum absolute atomic E-state index is 0.0377. The Hall–Kier alpha value is -4.02. The van der Waals surface area contributed by atoms with Gasteiger partial charge in [0.2, 0.25) is 5.91 Å². The minimum Gasteiger partial charge on any atom is -0.465 e. The number of carbonyl (C=O) groups excluding carboxylic acids is 3. The van der Waals surface area contributed by atoms with Crippen LogP contribution < -0.4 is 5.32 Å². The first-order chi connectivity index (χ1) is 19.0. The lowest BCUT2D eigenvalue weighted by Gasteiger charge is -2.29. The summed E-state index contributed by atoms with van der Waals surface area (Å²) in [5.74, 6) is -0.920. The number of esters is 1. The number of nitrogens with one attached hydrogen (secondary N) is 2. The minimum atomic E-state index is -4.46. The van der Waals surface area contributed by atoms with Crippen LogP contribution in [0.1, 0.15) is 37.5 Å². The van der Waals surface area contributed by atoms with Crippen LogP contribution in [0.5, 0.6) is 0 Å². The monoisotopic (exact) mass is 560 g/mol. The third-order valence-electron chi connectivity index (χ3n) is 6.22. The Balaban J connectivity index is 1.78. The van der Waals surface area contributed by atoms with Crippen molar-refractivity contribution in [3.63, 3.8) is 0 Å². The Kier molecular flexibility index (Phi) is 10.6. The summed E-state index contributed by atoms with van der Waals surface area (Å²) >= 11 is 0. The molecule has 3 aromatic rings. The molecule has 3 amide bonds. The van der Waals surface area contributed by atoms with Gasteiger partial charge in [0.05, 0.1) is 12.2 Å². The predicted molar refractivity (Wildman–Crippen MR) is 145 cm³/mol. The summed E-state index contributed by atoms with van der Waals surface area (Å²) in [6, 6.07) is 11.9. The second-order valence-electron chi connectivity index (χ2n) is 9.86. The van der Waals surface area contributed by atoms with Gasteiger partial charge in [-0.15, -0.1) is 0 Å². The molecule has 40 heavy (non-hydrogen) atoms. The summed E-state index contributed by atoms with van der Waals surface area (Å²) in [7, 11) is 0. The van der Waals surface area contributed by atoms with Gasteiger partial charge < -0.3 is 24.8 Å². The van der Waals surface area contributed by atoms with Crippen molar-refractivity contribution in [1.82, 2.24) is 20.1 Å². The Morgan fingerprint density at radius 1 is 1.02 bits per heavy atom. The third kappa shape index (κ3) is 8.75. The molecule has 0 bridgehead atoms. The number of rotatable bonds is 12. The summed E-state index contributed by atoms with van der Waals surface area (Å²) < 4.78 is 44.0. The zero-order valence-electron chi connectivity index (χ0n) is 22.9. The first-order valence-electron chi connectivity index (χ1n) is 13.1. The van der Waals surface area contributed by atoms with E-state index in [2.05, 4.69) is 10.3 Å². The molecule has 0 saturated heterocycles. The van der Waals surface area contributed by atoms with E-state index in [-0.39, 0.29) is 51.2 Å². The Labute approximate surface area is 231 Å². The van der Waals surface area contributed by atoms with Crippen LogP contribution in [0.15, 0.2) is 54.7 Å². The van der Waals surface area contributed by atoms with Crippen LogP contribution in [0.2, 0.25) is 0 Å². The van der Waals surface area contributed by atoms with Crippen molar-refractivity contribution in [2.45, 2.75) is 39.9 Å². The Morgan fingerprint density at radius 3 is 2.38 bits per heavy atom. The number of halogens is 3. The van der Waals surface area contributed by atoms with Gasteiger partial charge in [0.1, 0.15) is 13.1 Å². The number of fused-ring (bicyclic) bond motifs is 1. The summed E-state index contributed by atoms with van der Waals surface area (Å²) in [5, 5.41) is 3.51. The molecule has 1 heterocycles. The average Bonchev–Trinajstić information content (AvgIpc) is 3.32. The van der Waals surface area contributed by atoms with Crippen molar-refractivity contribution in [2.75, 3.05) is 32.8 Å². The molecule has 0 spiro atoms. The molecule has 0 aliphatic rings. The van der Waals surface area contributed by atoms with Crippen LogP contribution in [0.4, 0.5) is 18.0 Å². The van der Waals surface area contributed by atoms with E-state index in [1.807, 2.05) is 44.3 Å². The van der Waals surface area contributed by atoms with E-state index < -0.39 is 23.7 Å². The van der Waals surface area contributed by atoms with Crippen molar-refractivity contribution in [3.05, 3.63) is 71.4 Å². The number of H-pyrrole nitrogens is 1. The quantitative estimate of drug-likeness (QED) is 0.305. The van der Waals surface area contributed by atoms with Crippen LogP contribution in [0.3, 0.4) is 0 Å². The molecule has 0 atom stereocenters. The van der Waals surface area contributed by atoms with E-state index in [4.69, 9.17) is 4.74 Å². The summed E-state index contributed by atoms with van der Waals surface area (Å²) in [6.07, 6.45) is -2.09. The lowest BCUT2D eigenvalue weighted by Crippen LogP contribution is -2.49. The number of urea groups is 1. The van der Waals surface area contributed by atoms with Gasteiger partial charge in [-0.1, -0.05) is 44.2 Å². The van der Waals surface area contributed by atoms with Crippen molar-refractivity contribution in [1.29, 1.82) is 0 Å². The van der Waals surface area contributed by atoms with Crippen molar-refractivity contribution < 1.29 is 32.3 Å². The van der Waals surface area contributed by atoms with Gasteiger partial charge in [-0.2, -0.15) is 13.2 Å². The lowest BCUT2D eigenvalue weighted by molar-refractivity contribution is -0.142. The fourth-order valence-electron chi connectivity index (χ4n) is 4.30. The molecule has 0 unspecified atom stereocenters. The molecule has 2 N–H and O–H groups in total. The third-order valence-corrected chi connectivity index (χ3v) is 6.22. The maximum Gasteiger partial charge on any atom is 0.416 e. The molecule has 2 aromatic carbocycles. The summed E-state index contributed by atoms with van der Waals surface area (Å²) in [5.41, 5.74) is 1.71. The number of aromatic amines is 1. The van der Waals surface area contributed by atoms with E-state index in [9.17, 15) is 27.6 Å². The highest BCUT2D eigenvalue weighted by molar-refractivity contribution is 5.86. The number of aromatic nitrogens is 1. The number of benzene rings is 2. The highest BCUT2D eigenvalue weighted by Crippen LogP contribution is 2.29. The number of amides is 3. The van der Waals surface area contributed by atoms with Gasteiger partial charge in [-0.05, 0) is 48.6 Å². The number of alkyl halides is 3. The normalized spacial score (nSPS) is 11.5. The van der Waals surface area contributed by atoms with Crippen molar-refractivity contribution in [3.8, 4) is 0 Å². The molecule has 0 aliphatic heterocycles. The maximum absolute atomic E-state index is 13.6. The fraction of sp³-hybridized carbons (Fsp3) is 0.414. The van der Waals surface area contributed by atoms with Gasteiger partial charge in [0.15, 0.2) is 0 Å². The van der Waals surface area contributed by atoms with E-state index in [0.29, 0.717) is 12.0 Å². The molecule has 0 aliphatic carbocycles. The first kappa shape index (κ1) is 30.5. The zero-order chi connectivity index (χ0) is 29.3. The number of nitrogens with zero attached hydrogens (tertiary/aromatic N) is 2. The summed E-state index contributed by atoms with van der Waals surface area (Å²) in [6.45, 7) is 5.65. The van der Waals surface area contributed by atoms with Gasteiger partial charge in [0.25, 0.3) is 0 Å². The number of carbonyl (C=O) groups is 3. The number of hydrogen-bond acceptors (Lipinski definition) is 4. The second kappa shape index (κ2) is 13.9. The first-order valence-corrected chi connectivity index (χ1v) is 13.1. The molecular weight excluding hydrogens is 525 g/mol. The van der Waals surface area contributed by atoms with Crippen molar-refractivity contribution >= 4 is 28.8 Å². The molecule has 8 nitrogen and oxygen atoms in total. The summed E-state index contributed by atoms with van der Waals surface area (Å²) in [4.78, 5) is 44.2. The molecule has 11 heteroatoms. The van der Waals surface area contributed by atoms with Gasteiger partial charge in [-0.3, -0.25) is 9.59 Å². The van der Waals surface area contributed by atoms with Crippen LogP contribution in [-0.4, -0.2) is 65.5 Å². The van der Waals surface area contributed by atoms with Gasteiger partial charge in [-0.25, -0.2) is 4.79 Å².